The highest BCUT2D eigenvalue weighted by Crippen LogP contribution is 2.12. The molecule has 1 aromatic rings. The standard InChI is InChI=1S/C11H16INO/c1-9(8-14-2)7-13-11-5-3-4-10(12)6-11/h3-6,9,13H,7-8H2,1-2H3. The molecule has 1 N–H and O–H groups in total. The highest BCUT2D eigenvalue weighted by Gasteiger charge is 2.00. The summed E-state index contributed by atoms with van der Waals surface area (Å²) >= 11 is 2.31. The van der Waals surface area contributed by atoms with Crippen LogP contribution in [0.25, 0.3) is 0 Å². The van der Waals surface area contributed by atoms with Gasteiger partial charge in [-0.2, -0.15) is 0 Å². The maximum absolute atomic E-state index is 5.07. The molecule has 0 heterocycles. The van der Waals surface area contributed by atoms with Crippen LogP contribution in [0.5, 0.6) is 0 Å². The van der Waals surface area contributed by atoms with Crippen LogP contribution in [0.4, 0.5) is 5.69 Å². The molecule has 0 amide bonds. The van der Waals surface area contributed by atoms with Gasteiger partial charge >= 0.3 is 0 Å². The second-order valence-corrected chi connectivity index (χ2v) is 4.70. The highest BCUT2D eigenvalue weighted by atomic mass is 127. The Labute approximate surface area is 99.2 Å². The van der Waals surface area contributed by atoms with E-state index in [4.69, 9.17) is 4.74 Å². The molecular weight excluding hydrogens is 289 g/mol. The van der Waals surface area contributed by atoms with Gasteiger partial charge in [-0.25, -0.2) is 0 Å². The van der Waals surface area contributed by atoms with Gasteiger partial charge in [0.25, 0.3) is 0 Å². The van der Waals surface area contributed by atoms with Crippen LogP contribution >= 0.6 is 22.6 Å². The predicted molar refractivity (Wildman–Crippen MR) is 68.7 cm³/mol. The highest BCUT2D eigenvalue weighted by molar-refractivity contribution is 14.1. The number of methoxy groups -OCH3 is 1. The van der Waals surface area contributed by atoms with Gasteiger partial charge in [0, 0.05) is 22.9 Å². The number of anilines is 1. The lowest BCUT2D eigenvalue weighted by Crippen LogP contribution is -2.15. The number of ether oxygens (including phenoxy) is 1. The lowest BCUT2D eigenvalue weighted by atomic mass is 10.2. The lowest BCUT2D eigenvalue weighted by Gasteiger charge is -2.12. The minimum absolute atomic E-state index is 0.540. The topological polar surface area (TPSA) is 21.3 Å². The number of nitrogens with one attached hydrogen (secondary N) is 1. The fraction of sp³-hybridized carbons (Fsp3) is 0.455. The second-order valence-electron chi connectivity index (χ2n) is 3.45. The molecule has 0 saturated carbocycles. The van der Waals surface area contributed by atoms with Crippen LogP contribution in [-0.2, 0) is 4.74 Å². The molecular formula is C11H16INO. The van der Waals surface area contributed by atoms with E-state index >= 15 is 0 Å². The van der Waals surface area contributed by atoms with Crippen LogP contribution in [0.3, 0.4) is 0 Å². The van der Waals surface area contributed by atoms with Crippen molar-refractivity contribution in [3.63, 3.8) is 0 Å². The van der Waals surface area contributed by atoms with Crippen LogP contribution in [-0.4, -0.2) is 20.3 Å². The first-order valence-electron chi connectivity index (χ1n) is 4.70. The Bertz CT molecular complexity index is 278. The Morgan fingerprint density at radius 1 is 1.50 bits per heavy atom. The van der Waals surface area contributed by atoms with E-state index in [-0.39, 0.29) is 0 Å². The first kappa shape index (κ1) is 11.8. The number of hydrogen-bond donors (Lipinski definition) is 1. The zero-order chi connectivity index (χ0) is 10.4. The van der Waals surface area contributed by atoms with Gasteiger partial charge in [-0.15, -0.1) is 0 Å². The van der Waals surface area contributed by atoms with E-state index in [0.717, 1.165) is 13.2 Å². The summed E-state index contributed by atoms with van der Waals surface area (Å²) in [5, 5.41) is 3.39. The van der Waals surface area contributed by atoms with Crippen molar-refractivity contribution in [1.29, 1.82) is 0 Å². The minimum atomic E-state index is 0.540. The first-order chi connectivity index (χ1) is 6.72. The van der Waals surface area contributed by atoms with Crippen LogP contribution in [0.1, 0.15) is 6.92 Å². The molecule has 2 nitrogen and oxygen atoms in total. The lowest BCUT2D eigenvalue weighted by molar-refractivity contribution is 0.164. The summed E-state index contributed by atoms with van der Waals surface area (Å²) in [7, 11) is 1.74. The van der Waals surface area contributed by atoms with Crippen molar-refractivity contribution >= 4 is 28.3 Å². The fourth-order valence-electron chi connectivity index (χ4n) is 1.23. The van der Waals surface area contributed by atoms with Gasteiger partial charge in [0.2, 0.25) is 0 Å². The first-order valence-corrected chi connectivity index (χ1v) is 5.78. The molecule has 0 bridgehead atoms. The summed E-state index contributed by atoms with van der Waals surface area (Å²) < 4.78 is 6.33. The molecule has 1 atom stereocenters. The predicted octanol–water partition coefficient (Wildman–Crippen LogP) is 2.99. The number of benzene rings is 1. The summed E-state index contributed by atoms with van der Waals surface area (Å²) in [5.41, 5.74) is 1.18. The second kappa shape index (κ2) is 6.24. The molecule has 1 unspecified atom stereocenters. The number of rotatable bonds is 5. The van der Waals surface area contributed by atoms with Crippen LogP contribution in [0, 0.1) is 9.49 Å². The third-order valence-corrected chi connectivity index (χ3v) is 2.60. The SMILES string of the molecule is COCC(C)CNc1cccc(I)c1. The summed E-state index contributed by atoms with van der Waals surface area (Å²) in [5.74, 6) is 0.540. The molecule has 0 fully saturated rings. The summed E-state index contributed by atoms with van der Waals surface area (Å²) in [6, 6.07) is 8.37. The van der Waals surface area contributed by atoms with Crippen molar-refractivity contribution in [2.24, 2.45) is 5.92 Å². The van der Waals surface area contributed by atoms with Gasteiger partial charge in [-0.3, -0.25) is 0 Å². The van der Waals surface area contributed by atoms with E-state index in [2.05, 4.69) is 59.1 Å². The molecule has 14 heavy (non-hydrogen) atoms. The van der Waals surface area contributed by atoms with E-state index in [9.17, 15) is 0 Å². The number of hydrogen-bond acceptors (Lipinski definition) is 2. The molecule has 0 aliphatic carbocycles. The summed E-state index contributed by atoms with van der Waals surface area (Å²) in [6.45, 7) is 3.93. The Kier molecular flexibility index (Phi) is 5.25. The molecule has 0 aromatic heterocycles. The van der Waals surface area contributed by atoms with Crippen molar-refractivity contribution in [3.05, 3.63) is 27.8 Å². The van der Waals surface area contributed by atoms with Crippen LogP contribution in [0.15, 0.2) is 24.3 Å². The van der Waals surface area contributed by atoms with Crippen LogP contribution in [0.2, 0.25) is 0 Å². The van der Waals surface area contributed by atoms with Gasteiger partial charge in [0.05, 0.1) is 6.61 Å². The van der Waals surface area contributed by atoms with Gasteiger partial charge in [0.15, 0.2) is 0 Å². The van der Waals surface area contributed by atoms with E-state index in [0.29, 0.717) is 5.92 Å². The van der Waals surface area contributed by atoms with E-state index in [1.54, 1.807) is 7.11 Å². The Hall–Kier alpha value is -0.290. The molecule has 0 radical (unpaired) electrons. The van der Waals surface area contributed by atoms with Crippen molar-refractivity contribution in [3.8, 4) is 0 Å². The van der Waals surface area contributed by atoms with Gasteiger partial charge in [-0.1, -0.05) is 13.0 Å². The third-order valence-electron chi connectivity index (χ3n) is 1.93. The van der Waals surface area contributed by atoms with Gasteiger partial charge in [0.1, 0.15) is 0 Å². The molecule has 0 saturated heterocycles. The molecule has 0 aliphatic heterocycles. The summed E-state index contributed by atoms with van der Waals surface area (Å²) in [4.78, 5) is 0. The zero-order valence-electron chi connectivity index (χ0n) is 8.59. The van der Waals surface area contributed by atoms with E-state index in [1.165, 1.54) is 9.26 Å². The maximum Gasteiger partial charge on any atom is 0.0504 e. The molecule has 1 aromatic carbocycles. The van der Waals surface area contributed by atoms with Crippen molar-refractivity contribution in [2.45, 2.75) is 6.92 Å². The summed E-state index contributed by atoms with van der Waals surface area (Å²) in [6.07, 6.45) is 0. The average Bonchev–Trinajstić information content (AvgIpc) is 2.15. The van der Waals surface area contributed by atoms with Gasteiger partial charge in [-0.05, 0) is 46.7 Å². The molecule has 0 aliphatic rings. The Balaban J connectivity index is 2.37. The number of halogens is 1. The maximum atomic E-state index is 5.07. The van der Waals surface area contributed by atoms with Gasteiger partial charge < -0.3 is 10.1 Å². The average molecular weight is 305 g/mol. The largest absolute Gasteiger partial charge is 0.385 e. The van der Waals surface area contributed by atoms with E-state index < -0.39 is 0 Å². The minimum Gasteiger partial charge on any atom is -0.385 e. The molecule has 3 heteroatoms. The van der Waals surface area contributed by atoms with E-state index in [1.807, 2.05) is 0 Å². The van der Waals surface area contributed by atoms with Crippen molar-refractivity contribution in [2.75, 3.05) is 25.6 Å². The molecule has 1 rings (SSSR count). The normalized spacial score (nSPS) is 12.5. The third kappa shape index (κ3) is 4.28. The Morgan fingerprint density at radius 2 is 2.29 bits per heavy atom. The smallest absolute Gasteiger partial charge is 0.0504 e. The molecule has 78 valence electrons. The van der Waals surface area contributed by atoms with Crippen LogP contribution < -0.4 is 5.32 Å². The monoisotopic (exact) mass is 305 g/mol. The quantitative estimate of drug-likeness (QED) is 0.845. The zero-order valence-corrected chi connectivity index (χ0v) is 10.7. The van der Waals surface area contributed by atoms with Crippen molar-refractivity contribution in [1.82, 2.24) is 0 Å². The molecule has 0 spiro atoms. The van der Waals surface area contributed by atoms with Crippen molar-refractivity contribution < 1.29 is 4.74 Å². The fourth-order valence-corrected chi connectivity index (χ4v) is 1.78. The Morgan fingerprint density at radius 3 is 2.93 bits per heavy atom.